The summed E-state index contributed by atoms with van der Waals surface area (Å²) < 4.78 is 0. The Morgan fingerprint density at radius 2 is 2.00 bits per heavy atom. The summed E-state index contributed by atoms with van der Waals surface area (Å²) in [6.07, 6.45) is 0.976. The molecule has 2 heterocycles. The molecule has 1 fully saturated rings. The van der Waals surface area contributed by atoms with Crippen molar-refractivity contribution >= 4 is 17.3 Å². The second-order valence-electron chi connectivity index (χ2n) is 7.26. The van der Waals surface area contributed by atoms with Gasteiger partial charge >= 0.3 is 0 Å². The summed E-state index contributed by atoms with van der Waals surface area (Å²) in [6, 6.07) is 0. The summed E-state index contributed by atoms with van der Waals surface area (Å²) in [5.74, 6) is 1.05. The molecule has 0 bridgehead atoms. The van der Waals surface area contributed by atoms with E-state index in [1.165, 1.54) is 4.88 Å². The third-order valence-corrected chi connectivity index (χ3v) is 6.21. The van der Waals surface area contributed by atoms with Crippen LogP contribution >= 0.6 is 11.3 Å². The van der Waals surface area contributed by atoms with Crippen molar-refractivity contribution in [3.63, 3.8) is 0 Å². The molecule has 4 nitrogen and oxygen atoms in total. The summed E-state index contributed by atoms with van der Waals surface area (Å²) in [7, 11) is 0. The largest absolute Gasteiger partial charge is 0.356 e. The van der Waals surface area contributed by atoms with Gasteiger partial charge in [-0.1, -0.05) is 13.8 Å². The van der Waals surface area contributed by atoms with Gasteiger partial charge in [-0.05, 0) is 34.6 Å². The standard InChI is InChI=1S/C17H30N4S/c1-8-18-15(21-11-16(4,5)17(21,6)7)19-10-9-14-12(2)20-13(3)22-14/h8-11H2,1-7H3,(H,18,19). The number of rotatable bonds is 4. The normalized spacial score (nSPS) is 20.0. The number of hydrogen-bond acceptors (Lipinski definition) is 3. The second kappa shape index (κ2) is 6.19. The van der Waals surface area contributed by atoms with Crippen molar-refractivity contribution in [1.29, 1.82) is 0 Å². The van der Waals surface area contributed by atoms with Crippen LogP contribution in [0.3, 0.4) is 0 Å². The molecule has 1 aromatic rings. The summed E-state index contributed by atoms with van der Waals surface area (Å²) >= 11 is 1.79. The fourth-order valence-corrected chi connectivity index (χ4v) is 3.79. The first kappa shape index (κ1) is 17.3. The van der Waals surface area contributed by atoms with E-state index in [2.05, 4.69) is 63.7 Å². The first-order valence-electron chi connectivity index (χ1n) is 8.18. The Hall–Kier alpha value is -1.10. The molecular formula is C17H30N4S. The van der Waals surface area contributed by atoms with E-state index in [1.807, 2.05) is 0 Å². The Morgan fingerprint density at radius 3 is 2.45 bits per heavy atom. The van der Waals surface area contributed by atoms with Crippen LogP contribution in [0, 0.1) is 19.3 Å². The SMILES string of the molecule is CCNC(=NCCc1sc(C)nc1C)N1CC(C)(C)C1(C)C. The molecule has 0 unspecified atom stereocenters. The Balaban J connectivity index is 2.04. The zero-order valence-electron chi connectivity index (χ0n) is 15.1. The highest BCUT2D eigenvalue weighted by atomic mass is 32.1. The Kier molecular flexibility index (Phi) is 4.85. The molecular weight excluding hydrogens is 292 g/mol. The zero-order valence-corrected chi connectivity index (χ0v) is 15.9. The summed E-state index contributed by atoms with van der Waals surface area (Å²) in [6.45, 7) is 18.3. The molecule has 0 spiro atoms. The number of thiazole rings is 1. The highest BCUT2D eigenvalue weighted by Crippen LogP contribution is 2.46. The lowest BCUT2D eigenvalue weighted by Crippen LogP contribution is -2.72. The molecule has 0 aromatic carbocycles. The molecule has 1 aromatic heterocycles. The number of hydrogen-bond donors (Lipinski definition) is 1. The average Bonchev–Trinajstić information content (AvgIpc) is 2.73. The van der Waals surface area contributed by atoms with Gasteiger partial charge in [0, 0.05) is 41.9 Å². The van der Waals surface area contributed by atoms with E-state index in [0.717, 1.165) is 42.7 Å². The van der Waals surface area contributed by atoms with Gasteiger partial charge in [0.25, 0.3) is 0 Å². The maximum atomic E-state index is 4.85. The first-order valence-corrected chi connectivity index (χ1v) is 8.99. The van der Waals surface area contributed by atoms with Crippen LogP contribution in [0.5, 0.6) is 0 Å². The van der Waals surface area contributed by atoms with Crippen LogP contribution in [0.1, 0.15) is 50.2 Å². The number of nitrogens with one attached hydrogen (secondary N) is 1. The van der Waals surface area contributed by atoms with Crippen molar-refractivity contribution < 1.29 is 0 Å². The molecule has 0 aliphatic carbocycles. The van der Waals surface area contributed by atoms with E-state index in [4.69, 9.17) is 4.99 Å². The third-order valence-electron chi connectivity index (χ3n) is 5.08. The molecule has 1 N–H and O–H groups in total. The maximum Gasteiger partial charge on any atom is 0.194 e. The Bertz CT molecular complexity index is 557. The van der Waals surface area contributed by atoms with Gasteiger partial charge in [0.05, 0.1) is 10.7 Å². The number of nitrogens with zero attached hydrogens (tertiary/aromatic N) is 3. The van der Waals surface area contributed by atoms with Gasteiger partial charge in [-0.2, -0.15) is 0 Å². The van der Waals surface area contributed by atoms with Crippen LogP contribution in [0.25, 0.3) is 0 Å². The smallest absolute Gasteiger partial charge is 0.194 e. The van der Waals surface area contributed by atoms with Gasteiger partial charge in [0.1, 0.15) is 0 Å². The molecule has 22 heavy (non-hydrogen) atoms. The number of aromatic nitrogens is 1. The van der Waals surface area contributed by atoms with Crippen molar-refractivity contribution in [2.45, 2.75) is 60.4 Å². The minimum Gasteiger partial charge on any atom is -0.356 e. The zero-order chi connectivity index (χ0) is 16.5. The number of likely N-dealkylation sites (tertiary alicyclic amines) is 1. The predicted octanol–water partition coefficient (Wildman–Crippen LogP) is 3.39. The third kappa shape index (κ3) is 3.14. The second-order valence-corrected chi connectivity index (χ2v) is 8.54. The summed E-state index contributed by atoms with van der Waals surface area (Å²) in [5, 5.41) is 4.59. The molecule has 2 rings (SSSR count). The van der Waals surface area contributed by atoms with Crippen LogP contribution in [0.4, 0.5) is 0 Å². The lowest BCUT2D eigenvalue weighted by atomic mass is 9.65. The van der Waals surface area contributed by atoms with Gasteiger partial charge in [-0.3, -0.25) is 4.99 Å². The fraction of sp³-hybridized carbons (Fsp3) is 0.765. The van der Waals surface area contributed by atoms with E-state index < -0.39 is 0 Å². The number of guanidine groups is 1. The molecule has 1 saturated heterocycles. The molecule has 0 atom stereocenters. The van der Waals surface area contributed by atoms with Gasteiger partial charge in [-0.25, -0.2) is 4.98 Å². The topological polar surface area (TPSA) is 40.5 Å². The molecule has 0 radical (unpaired) electrons. The molecule has 5 heteroatoms. The van der Waals surface area contributed by atoms with Crippen molar-refractivity contribution in [2.75, 3.05) is 19.6 Å². The van der Waals surface area contributed by atoms with Crippen molar-refractivity contribution in [1.82, 2.24) is 15.2 Å². The molecule has 124 valence electrons. The average molecular weight is 323 g/mol. The first-order chi connectivity index (χ1) is 10.2. The van der Waals surface area contributed by atoms with Crippen molar-refractivity contribution in [3.05, 3.63) is 15.6 Å². The highest BCUT2D eigenvalue weighted by molar-refractivity contribution is 7.11. The van der Waals surface area contributed by atoms with Crippen molar-refractivity contribution in [2.24, 2.45) is 10.4 Å². The molecule has 1 aliphatic heterocycles. The Labute approximate surface area is 139 Å². The minimum absolute atomic E-state index is 0.144. The molecule has 1 aliphatic rings. The molecule has 0 amide bonds. The maximum absolute atomic E-state index is 4.85. The van der Waals surface area contributed by atoms with Crippen LogP contribution < -0.4 is 5.32 Å². The van der Waals surface area contributed by atoms with Crippen LogP contribution in [0.2, 0.25) is 0 Å². The van der Waals surface area contributed by atoms with E-state index in [9.17, 15) is 0 Å². The number of aryl methyl sites for hydroxylation is 2. The van der Waals surface area contributed by atoms with Gasteiger partial charge in [0.2, 0.25) is 0 Å². The summed E-state index contributed by atoms with van der Waals surface area (Å²) in [4.78, 5) is 13.1. The predicted molar refractivity (Wildman–Crippen MR) is 95.8 cm³/mol. The fourth-order valence-electron chi connectivity index (χ4n) is 2.86. The van der Waals surface area contributed by atoms with Crippen LogP contribution in [-0.4, -0.2) is 41.0 Å². The van der Waals surface area contributed by atoms with E-state index >= 15 is 0 Å². The lowest BCUT2D eigenvalue weighted by Gasteiger charge is -2.62. The van der Waals surface area contributed by atoms with Crippen LogP contribution in [-0.2, 0) is 6.42 Å². The van der Waals surface area contributed by atoms with E-state index in [1.54, 1.807) is 11.3 Å². The monoisotopic (exact) mass is 322 g/mol. The quantitative estimate of drug-likeness (QED) is 0.682. The van der Waals surface area contributed by atoms with Crippen molar-refractivity contribution in [3.8, 4) is 0 Å². The number of aliphatic imine (C=N–C) groups is 1. The minimum atomic E-state index is 0.144. The highest BCUT2D eigenvalue weighted by Gasteiger charge is 2.53. The van der Waals surface area contributed by atoms with Crippen LogP contribution in [0.15, 0.2) is 4.99 Å². The van der Waals surface area contributed by atoms with E-state index in [-0.39, 0.29) is 5.54 Å². The van der Waals surface area contributed by atoms with E-state index in [0.29, 0.717) is 5.41 Å². The Morgan fingerprint density at radius 1 is 1.32 bits per heavy atom. The summed E-state index contributed by atoms with van der Waals surface area (Å²) in [5.41, 5.74) is 1.63. The lowest BCUT2D eigenvalue weighted by molar-refractivity contribution is -0.0667. The van der Waals surface area contributed by atoms with Gasteiger partial charge < -0.3 is 10.2 Å². The molecule has 0 saturated carbocycles. The van der Waals surface area contributed by atoms with Gasteiger partial charge in [-0.15, -0.1) is 11.3 Å². The van der Waals surface area contributed by atoms with Gasteiger partial charge in [0.15, 0.2) is 5.96 Å².